The van der Waals surface area contributed by atoms with Crippen molar-refractivity contribution in [3.63, 3.8) is 0 Å². The van der Waals surface area contributed by atoms with Crippen molar-refractivity contribution >= 4 is 5.78 Å². The number of allylic oxidation sites excluding steroid dienone is 2. The Morgan fingerprint density at radius 3 is 2.75 bits per heavy atom. The topological polar surface area (TPSA) is 17.1 Å². The third-order valence-electron chi connectivity index (χ3n) is 1.25. The zero-order chi connectivity index (χ0) is 9.40. The Morgan fingerprint density at radius 2 is 2.25 bits per heavy atom. The largest absolute Gasteiger partial charge is 0.295 e. The Labute approximate surface area is 74.2 Å². The van der Waals surface area contributed by atoms with Crippen LogP contribution in [0.5, 0.6) is 0 Å². The molecule has 0 N–H and O–H groups in total. The maximum atomic E-state index is 10.7. The van der Waals surface area contributed by atoms with Crippen LogP contribution in [0.2, 0.25) is 0 Å². The van der Waals surface area contributed by atoms with Gasteiger partial charge in [0.25, 0.3) is 0 Å². The van der Waals surface area contributed by atoms with Gasteiger partial charge in [0.15, 0.2) is 5.78 Å². The molecule has 1 heteroatoms. The molecule has 1 nitrogen and oxygen atoms in total. The second kappa shape index (κ2) is 6.42. The highest BCUT2D eigenvalue weighted by molar-refractivity contribution is 5.88. The van der Waals surface area contributed by atoms with E-state index >= 15 is 0 Å². The van der Waals surface area contributed by atoms with Crippen molar-refractivity contribution < 1.29 is 4.79 Å². The van der Waals surface area contributed by atoms with Gasteiger partial charge in [-0.2, -0.15) is 0 Å². The predicted octanol–water partition coefficient (Wildman–Crippen LogP) is 2.49. The maximum Gasteiger partial charge on any atom is 0.155 e. The third kappa shape index (κ3) is 6.82. The molecule has 0 spiro atoms. The van der Waals surface area contributed by atoms with Crippen LogP contribution in [-0.4, -0.2) is 5.78 Å². The molecule has 0 aliphatic carbocycles. The summed E-state index contributed by atoms with van der Waals surface area (Å²) in [6, 6.07) is 0. The minimum absolute atomic E-state index is 0.0899. The molecule has 0 amide bonds. The molecule has 0 atom stereocenters. The second-order valence-electron chi connectivity index (χ2n) is 2.61. The smallest absolute Gasteiger partial charge is 0.155 e. The Hall–Kier alpha value is -1.29. The highest BCUT2D eigenvalue weighted by atomic mass is 16.1. The van der Waals surface area contributed by atoms with E-state index in [0.717, 1.165) is 18.4 Å². The summed E-state index contributed by atoms with van der Waals surface area (Å²) in [5.74, 6) is 5.87. The molecule has 0 heterocycles. The van der Waals surface area contributed by atoms with Crippen molar-refractivity contribution in [3.05, 3.63) is 24.8 Å². The van der Waals surface area contributed by atoms with Crippen molar-refractivity contribution in [2.24, 2.45) is 0 Å². The molecular formula is C11H14O. The van der Waals surface area contributed by atoms with Crippen LogP contribution in [0.3, 0.4) is 0 Å². The molecule has 0 aliphatic heterocycles. The number of hydrogen-bond donors (Lipinski definition) is 0. The van der Waals surface area contributed by atoms with Crippen molar-refractivity contribution in [1.82, 2.24) is 0 Å². The summed E-state index contributed by atoms with van der Waals surface area (Å²) in [7, 11) is 0. The third-order valence-corrected chi connectivity index (χ3v) is 1.25. The molecule has 0 saturated carbocycles. The summed E-state index contributed by atoms with van der Waals surface area (Å²) in [6.45, 7) is 8.90. The fraction of sp³-hybridized carbons (Fsp3) is 0.364. The first kappa shape index (κ1) is 10.7. The number of hydrogen-bond acceptors (Lipinski definition) is 1. The SMILES string of the molecule is C=CC(=O)CCCC#CC(=C)C. The molecule has 0 fully saturated rings. The molecular weight excluding hydrogens is 148 g/mol. The fourth-order valence-corrected chi connectivity index (χ4v) is 0.666. The molecule has 64 valence electrons. The Kier molecular flexibility index (Phi) is 5.73. The monoisotopic (exact) mass is 162 g/mol. The minimum atomic E-state index is 0.0899. The number of unbranched alkanes of at least 4 members (excludes halogenated alkanes) is 1. The van der Waals surface area contributed by atoms with Crippen LogP contribution in [-0.2, 0) is 4.79 Å². The standard InChI is InChI=1S/C11H14O/c1-4-11(12)9-7-5-6-8-10(2)3/h4H,1-2,5,7,9H2,3H3. The summed E-state index contributed by atoms with van der Waals surface area (Å²) in [5, 5.41) is 0. The van der Waals surface area contributed by atoms with Gasteiger partial charge in [-0.25, -0.2) is 0 Å². The number of rotatable bonds is 4. The Balaban J connectivity index is 3.47. The zero-order valence-electron chi connectivity index (χ0n) is 7.52. The first-order valence-electron chi connectivity index (χ1n) is 3.96. The minimum Gasteiger partial charge on any atom is -0.295 e. The number of carbonyl (C=O) groups excluding carboxylic acids is 1. The van der Waals surface area contributed by atoms with Gasteiger partial charge in [-0.3, -0.25) is 4.79 Å². The lowest BCUT2D eigenvalue weighted by molar-refractivity contribution is -0.114. The van der Waals surface area contributed by atoms with Crippen LogP contribution >= 0.6 is 0 Å². The normalized spacial score (nSPS) is 8.08. The molecule has 0 radical (unpaired) electrons. The van der Waals surface area contributed by atoms with E-state index in [1.54, 1.807) is 0 Å². The van der Waals surface area contributed by atoms with Crippen molar-refractivity contribution in [2.45, 2.75) is 26.2 Å². The van der Waals surface area contributed by atoms with Crippen LogP contribution in [0.1, 0.15) is 26.2 Å². The van der Waals surface area contributed by atoms with E-state index in [2.05, 4.69) is 25.0 Å². The van der Waals surface area contributed by atoms with Crippen molar-refractivity contribution in [1.29, 1.82) is 0 Å². The van der Waals surface area contributed by atoms with E-state index in [1.165, 1.54) is 6.08 Å². The average molecular weight is 162 g/mol. The average Bonchev–Trinajstić information content (AvgIpc) is 2.03. The molecule has 0 aromatic rings. The van der Waals surface area contributed by atoms with Crippen LogP contribution in [0, 0.1) is 11.8 Å². The molecule has 0 rings (SSSR count). The molecule has 0 unspecified atom stereocenters. The van der Waals surface area contributed by atoms with Gasteiger partial charge in [0.1, 0.15) is 0 Å². The first-order chi connectivity index (χ1) is 5.66. The van der Waals surface area contributed by atoms with Crippen LogP contribution in [0.4, 0.5) is 0 Å². The van der Waals surface area contributed by atoms with Gasteiger partial charge in [-0.1, -0.05) is 25.0 Å². The van der Waals surface area contributed by atoms with Crippen molar-refractivity contribution in [2.75, 3.05) is 0 Å². The summed E-state index contributed by atoms with van der Waals surface area (Å²) < 4.78 is 0. The van der Waals surface area contributed by atoms with Gasteiger partial charge >= 0.3 is 0 Å². The Morgan fingerprint density at radius 1 is 1.58 bits per heavy atom. The van der Waals surface area contributed by atoms with E-state index in [0.29, 0.717) is 6.42 Å². The maximum absolute atomic E-state index is 10.7. The van der Waals surface area contributed by atoms with E-state index in [-0.39, 0.29) is 5.78 Å². The zero-order valence-corrected chi connectivity index (χ0v) is 7.52. The van der Waals surface area contributed by atoms with Gasteiger partial charge in [0.2, 0.25) is 0 Å². The van der Waals surface area contributed by atoms with Gasteiger partial charge < -0.3 is 0 Å². The van der Waals surface area contributed by atoms with Gasteiger partial charge in [0.05, 0.1) is 0 Å². The summed E-state index contributed by atoms with van der Waals surface area (Å²) in [5.41, 5.74) is 0.866. The number of ketones is 1. The van der Waals surface area contributed by atoms with E-state index in [1.807, 2.05) is 6.92 Å². The van der Waals surface area contributed by atoms with Crippen LogP contribution in [0.25, 0.3) is 0 Å². The Bertz CT molecular complexity index is 237. The lowest BCUT2D eigenvalue weighted by atomic mass is 10.2. The van der Waals surface area contributed by atoms with E-state index < -0.39 is 0 Å². The first-order valence-corrected chi connectivity index (χ1v) is 3.96. The summed E-state index contributed by atoms with van der Waals surface area (Å²) in [6.07, 6.45) is 3.47. The molecule has 0 aromatic carbocycles. The highest BCUT2D eigenvalue weighted by Crippen LogP contribution is 1.95. The van der Waals surface area contributed by atoms with Gasteiger partial charge in [0, 0.05) is 12.8 Å². The van der Waals surface area contributed by atoms with Crippen molar-refractivity contribution in [3.8, 4) is 11.8 Å². The van der Waals surface area contributed by atoms with Crippen LogP contribution < -0.4 is 0 Å². The summed E-state index contributed by atoms with van der Waals surface area (Å²) >= 11 is 0. The summed E-state index contributed by atoms with van der Waals surface area (Å²) in [4.78, 5) is 10.7. The lowest BCUT2D eigenvalue weighted by Gasteiger charge is -1.89. The van der Waals surface area contributed by atoms with E-state index in [4.69, 9.17) is 0 Å². The molecule has 0 saturated heterocycles. The molecule has 0 aromatic heterocycles. The van der Waals surface area contributed by atoms with Gasteiger partial charge in [-0.15, -0.1) is 0 Å². The molecule has 0 aliphatic rings. The lowest BCUT2D eigenvalue weighted by Crippen LogP contribution is -1.89. The molecule has 12 heavy (non-hydrogen) atoms. The van der Waals surface area contributed by atoms with Gasteiger partial charge in [-0.05, 0) is 25.0 Å². The quantitative estimate of drug-likeness (QED) is 0.352. The fourth-order valence-electron chi connectivity index (χ4n) is 0.666. The van der Waals surface area contributed by atoms with E-state index in [9.17, 15) is 4.79 Å². The second-order valence-corrected chi connectivity index (χ2v) is 2.61. The van der Waals surface area contributed by atoms with Crippen LogP contribution in [0.15, 0.2) is 24.8 Å². The number of carbonyl (C=O) groups is 1. The highest BCUT2D eigenvalue weighted by Gasteiger charge is 1.92. The molecule has 0 bridgehead atoms. The predicted molar refractivity (Wildman–Crippen MR) is 51.6 cm³/mol.